The summed E-state index contributed by atoms with van der Waals surface area (Å²) in [5.41, 5.74) is 0.912. The Morgan fingerprint density at radius 1 is 1.40 bits per heavy atom. The van der Waals surface area contributed by atoms with Gasteiger partial charge in [-0.2, -0.15) is 0 Å². The Kier molecular flexibility index (Phi) is 2.83. The van der Waals surface area contributed by atoms with Crippen molar-refractivity contribution in [2.75, 3.05) is 11.9 Å². The van der Waals surface area contributed by atoms with Crippen LogP contribution in [0.5, 0.6) is 0 Å². The van der Waals surface area contributed by atoms with Gasteiger partial charge in [0.05, 0.1) is 12.1 Å². The van der Waals surface area contributed by atoms with E-state index in [1.165, 1.54) is 0 Å². The van der Waals surface area contributed by atoms with E-state index >= 15 is 0 Å². The molecule has 0 saturated carbocycles. The van der Waals surface area contributed by atoms with Crippen molar-refractivity contribution >= 4 is 28.5 Å². The summed E-state index contributed by atoms with van der Waals surface area (Å²) >= 11 is 5.63. The van der Waals surface area contributed by atoms with Crippen LogP contribution >= 0.6 is 11.6 Å². The van der Waals surface area contributed by atoms with Gasteiger partial charge in [-0.15, -0.1) is 0 Å². The Hall–Kier alpha value is -1.61. The van der Waals surface area contributed by atoms with E-state index in [9.17, 15) is 0 Å². The van der Waals surface area contributed by atoms with Gasteiger partial charge in [-0.05, 0) is 6.07 Å². The third kappa shape index (κ3) is 2.44. The van der Waals surface area contributed by atoms with Crippen molar-refractivity contribution in [3.63, 3.8) is 0 Å². The maximum atomic E-state index is 5.63. The number of nitrogens with zero attached hydrogens (tertiary/aromatic N) is 2. The molecule has 0 atom stereocenters. The minimum atomic E-state index is 0.472. The summed E-state index contributed by atoms with van der Waals surface area (Å²) in [5.74, 6) is 0.565. The topological polar surface area (TPSA) is 37.8 Å². The highest BCUT2D eigenvalue weighted by Gasteiger charge is 1.98. The summed E-state index contributed by atoms with van der Waals surface area (Å²) in [5, 5.41) is 4.54. The normalized spacial score (nSPS) is 10.2. The van der Waals surface area contributed by atoms with Gasteiger partial charge >= 0.3 is 0 Å². The number of fused-ring (bicyclic) bond motifs is 1. The van der Waals surface area contributed by atoms with Crippen LogP contribution in [0.2, 0.25) is 0 Å². The van der Waals surface area contributed by atoms with E-state index in [-0.39, 0.29) is 0 Å². The molecule has 0 radical (unpaired) electrons. The van der Waals surface area contributed by atoms with Crippen LogP contribution in [-0.2, 0) is 0 Å². The Labute approximate surface area is 92.8 Å². The first-order chi connectivity index (χ1) is 7.25. The van der Waals surface area contributed by atoms with Gasteiger partial charge in [0.25, 0.3) is 0 Å². The maximum absolute atomic E-state index is 5.63. The number of nitrogens with one attached hydrogen (secondary N) is 1. The van der Waals surface area contributed by atoms with E-state index in [0.29, 0.717) is 17.5 Å². The van der Waals surface area contributed by atoms with E-state index in [1.807, 2.05) is 24.3 Å². The Bertz CT molecular complexity index is 496. The standard InChI is InChI=1S/C11H10ClN3/c1-8(12)6-13-11-14-7-9-4-2-3-5-10(9)15-11/h2-5,7H,1,6H2,(H,13,14,15). The largest absolute Gasteiger partial charge is 0.349 e. The lowest BCUT2D eigenvalue weighted by Crippen LogP contribution is -2.04. The van der Waals surface area contributed by atoms with Crippen LogP contribution in [-0.4, -0.2) is 16.5 Å². The molecule has 76 valence electrons. The van der Waals surface area contributed by atoms with Crippen LogP contribution in [0.25, 0.3) is 10.9 Å². The van der Waals surface area contributed by atoms with Crippen molar-refractivity contribution in [2.45, 2.75) is 0 Å². The molecule has 0 aliphatic heterocycles. The van der Waals surface area contributed by atoms with E-state index < -0.39 is 0 Å². The molecule has 1 aromatic carbocycles. The highest BCUT2D eigenvalue weighted by Crippen LogP contribution is 2.11. The van der Waals surface area contributed by atoms with Crippen LogP contribution in [0.15, 0.2) is 42.1 Å². The lowest BCUT2D eigenvalue weighted by molar-refractivity contribution is 1.15. The minimum Gasteiger partial charge on any atom is -0.349 e. The number of benzene rings is 1. The number of aromatic nitrogens is 2. The molecule has 0 amide bonds. The zero-order valence-corrected chi connectivity index (χ0v) is 8.83. The van der Waals surface area contributed by atoms with Gasteiger partial charge in [0.15, 0.2) is 0 Å². The van der Waals surface area contributed by atoms with Crippen LogP contribution in [0.1, 0.15) is 0 Å². The van der Waals surface area contributed by atoms with Gasteiger partial charge in [0.2, 0.25) is 5.95 Å². The predicted molar refractivity (Wildman–Crippen MR) is 63.0 cm³/mol. The van der Waals surface area contributed by atoms with Gasteiger partial charge in [0, 0.05) is 16.6 Å². The smallest absolute Gasteiger partial charge is 0.223 e. The molecule has 0 unspecified atom stereocenters. The van der Waals surface area contributed by atoms with E-state index in [1.54, 1.807) is 6.20 Å². The van der Waals surface area contributed by atoms with Crippen LogP contribution in [0, 0.1) is 0 Å². The number of rotatable bonds is 3. The van der Waals surface area contributed by atoms with Crippen molar-refractivity contribution in [1.82, 2.24) is 9.97 Å². The molecule has 0 saturated heterocycles. The van der Waals surface area contributed by atoms with E-state index in [4.69, 9.17) is 11.6 Å². The van der Waals surface area contributed by atoms with Gasteiger partial charge in [-0.25, -0.2) is 9.97 Å². The lowest BCUT2D eigenvalue weighted by atomic mass is 10.2. The zero-order chi connectivity index (χ0) is 10.7. The molecule has 1 heterocycles. The number of hydrogen-bond donors (Lipinski definition) is 1. The van der Waals surface area contributed by atoms with Gasteiger partial charge in [-0.3, -0.25) is 0 Å². The zero-order valence-electron chi connectivity index (χ0n) is 8.07. The second kappa shape index (κ2) is 4.28. The minimum absolute atomic E-state index is 0.472. The van der Waals surface area contributed by atoms with Crippen LogP contribution in [0.3, 0.4) is 0 Å². The fourth-order valence-electron chi connectivity index (χ4n) is 1.23. The summed E-state index contributed by atoms with van der Waals surface area (Å²) in [6.45, 7) is 4.05. The average molecular weight is 220 g/mol. The number of halogens is 1. The molecule has 4 heteroatoms. The quantitative estimate of drug-likeness (QED) is 0.863. The van der Waals surface area contributed by atoms with Gasteiger partial charge in [-0.1, -0.05) is 36.4 Å². The summed E-state index contributed by atoms with van der Waals surface area (Å²) in [4.78, 5) is 8.48. The molecule has 2 rings (SSSR count). The molecule has 15 heavy (non-hydrogen) atoms. The molecule has 1 aromatic heterocycles. The summed E-state index contributed by atoms with van der Waals surface area (Å²) in [6.07, 6.45) is 1.78. The molecule has 0 bridgehead atoms. The number of hydrogen-bond acceptors (Lipinski definition) is 3. The van der Waals surface area contributed by atoms with Crippen molar-refractivity contribution in [3.8, 4) is 0 Å². The van der Waals surface area contributed by atoms with Crippen molar-refractivity contribution < 1.29 is 0 Å². The van der Waals surface area contributed by atoms with Crippen LogP contribution in [0.4, 0.5) is 5.95 Å². The molecule has 0 fully saturated rings. The highest BCUT2D eigenvalue weighted by molar-refractivity contribution is 6.29. The molecular formula is C11H10ClN3. The first-order valence-electron chi connectivity index (χ1n) is 4.54. The van der Waals surface area contributed by atoms with Gasteiger partial charge < -0.3 is 5.32 Å². The molecule has 0 spiro atoms. The molecule has 3 nitrogen and oxygen atoms in total. The Balaban J connectivity index is 2.26. The summed E-state index contributed by atoms with van der Waals surface area (Å²) < 4.78 is 0. The van der Waals surface area contributed by atoms with Gasteiger partial charge in [0.1, 0.15) is 0 Å². The Morgan fingerprint density at radius 3 is 3.00 bits per heavy atom. The van der Waals surface area contributed by atoms with Crippen molar-refractivity contribution in [1.29, 1.82) is 0 Å². The number of anilines is 1. The number of para-hydroxylation sites is 1. The summed E-state index contributed by atoms with van der Waals surface area (Å²) in [6, 6.07) is 7.82. The summed E-state index contributed by atoms with van der Waals surface area (Å²) in [7, 11) is 0. The monoisotopic (exact) mass is 219 g/mol. The average Bonchev–Trinajstić information content (AvgIpc) is 2.26. The van der Waals surface area contributed by atoms with E-state index in [2.05, 4.69) is 21.9 Å². The molecule has 1 N–H and O–H groups in total. The van der Waals surface area contributed by atoms with Crippen LogP contribution < -0.4 is 5.32 Å². The lowest BCUT2D eigenvalue weighted by Gasteiger charge is -2.03. The fraction of sp³-hybridized carbons (Fsp3) is 0.0909. The highest BCUT2D eigenvalue weighted by atomic mass is 35.5. The maximum Gasteiger partial charge on any atom is 0.223 e. The molecule has 0 aliphatic rings. The predicted octanol–water partition coefficient (Wildman–Crippen LogP) is 2.79. The van der Waals surface area contributed by atoms with Crippen molar-refractivity contribution in [3.05, 3.63) is 42.1 Å². The third-order valence-electron chi connectivity index (χ3n) is 1.93. The SMILES string of the molecule is C=C(Cl)CNc1ncc2ccccc2n1. The molecular weight excluding hydrogens is 210 g/mol. The molecule has 2 aromatic rings. The second-order valence-corrected chi connectivity index (χ2v) is 3.66. The second-order valence-electron chi connectivity index (χ2n) is 3.12. The first kappa shape index (κ1) is 9.93. The Morgan fingerprint density at radius 2 is 2.20 bits per heavy atom. The fourth-order valence-corrected chi connectivity index (χ4v) is 1.30. The molecule has 0 aliphatic carbocycles. The third-order valence-corrected chi connectivity index (χ3v) is 2.06. The van der Waals surface area contributed by atoms with Crippen molar-refractivity contribution in [2.24, 2.45) is 0 Å². The first-order valence-corrected chi connectivity index (χ1v) is 4.92. The van der Waals surface area contributed by atoms with E-state index in [0.717, 1.165) is 10.9 Å².